The lowest BCUT2D eigenvalue weighted by Crippen LogP contribution is -2.43. The Hall–Kier alpha value is -3.85. The minimum atomic E-state index is -0.680. The number of allylic oxidation sites excluding steroid dienone is 1. The van der Waals surface area contributed by atoms with Crippen molar-refractivity contribution in [1.29, 1.82) is 0 Å². The highest BCUT2D eigenvalue weighted by molar-refractivity contribution is 7.07. The minimum absolute atomic E-state index is 0.145. The highest BCUT2D eigenvalue weighted by atomic mass is 32.1. The average molecular weight is 522 g/mol. The van der Waals surface area contributed by atoms with E-state index in [1.54, 1.807) is 42.9 Å². The van der Waals surface area contributed by atoms with Gasteiger partial charge in [0.2, 0.25) is 0 Å². The molecule has 8 nitrogen and oxygen atoms in total. The molecule has 0 radical (unpaired) electrons. The summed E-state index contributed by atoms with van der Waals surface area (Å²) in [6.07, 6.45) is 1.78. The van der Waals surface area contributed by atoms with Gasteiger partial charge in [0, 0.05) is 30.3 Å². The van der Waals surface area contributed by atoms with Crippen LogP contribution in [-0.2, 0) is 4.79 Å². The van der Waals surface area contributed by atoms with E-state index in [4.69, 9.17) is 19.2 Å². The topological polar surface area (TPSA) is 82.4 Å². The van der Waals surface area contributed by atoms with E-state index in [2.05, 4.69) is 0 Å². The summed E-state index contributed by atoms with van der Waals surface area (Å²) in [5.74, 6) is 1.69. The molecule has 9 heteroatoms. The highest BCUT2D eigenvalue weighted by Crippen LogP contribution is 2.36. The number of para-hydroxylation sites is 1. The third kappa shape index (κ3) is 4.79. The van der Waals surface area contributed by atoms with Crippen LogP contribution in [-0.4, -0.2) is 49.8 Å². The fourth-order valence-corrected chi connectivity index (χ4v) is 5.58. The molecule has 0 aliphatic carbocycles. The predicted octanol–water partition coefficient (Wildman–Crippen LogP) is 3.13. The van der Waals surface area contributed by atoms with Gasteiger partial charge in [-0.3, -0.25) is 14.2 Å². The molecular weight excluding hydrogens is 490 g/mol. The third-order valence-corrected chi connectivity index (χ3v) is 7.45. The van der Waals surface area contributed by atoms with Gasteiger partial charge in [-0.25, -0.2) is 4.99 Å². The Bertz CT molecular complexity index is 1530. The fourth-order valence-electron chi connectivity index (χ4n) is 4.54. The molecule has 37 heavy (non-hydrogen) atoms. The molecule has 2 aromatic carbocycles. The zero-order valence-electron chi connectivity index (χ0n) is 21.9. The summed E-state index contributed by atoms with van der Waals surface area (Å²) in [4.78, 5) is 34.7. The van der Waals surface area contributed by atoms with Gasteiger partial charge < -0.3 is 19.1 Å². The molecule has 1 aromatic heterocycles. The number of methoxy groups -OCH3 is 3. The number of hydrogen-bond donors (Lipinski definition) is 0. The van der Waals surface area contributed by atoms with Crippen molar-refractivity contribution in [3.63, 3.8) is 0 Å². The summed E-state index contributed by atoms with van der Waals surface area (Å²) in [5, 5.41) is 0. The van der Waals surface area contributed by atoms with Gasteiger partial charge >= 0.3 is 0 Å². The van der Waals surface area contributed by atoms with Gasteiger partial charge in [0.15, 0.2) is 4.80 Å². The molecule has 2 heterocycles. The number of benzene rings is 2. The maximum Gasteiger partial charge on any atom is 0.271 e. The fraction of sp³-hybridized carbons (Fsp3) is 0.321. The second kappa shape index (κ2) is 11.0. The van der Waals surface area contributed by atoms with Crippen LogP contribution in [0.1, 0.15) is 37.9 Å². The smallest absolute Gasteiger partial charge is 0.271 e. The van der Waals surface area contributed by atoms with Crippen LogP contribution in [0.5, 0.6) is 17.2 Å². The van der Waals surface area contributed by atoms with Crippen LogP contribution < -0.4 is 29.1 Å². The number of amides is 1. The molecule has 194 valence electrons. The van der Waals surface area contributed by atoms with Gasteiger partial charge in [-0.15, -0.1) is 0 Å². The van der Waals surface area contributed by atoms with Crippen LogP contribution in [0.2, 0.25) is 0 Å². The second-order valence-electron chi connectivity index (χ2n) is 8.41. The van der Waals surface area contributed by atoms with E-state index < -0.39 is 6.04 Å². The van der Waals surface area contributed by atoms with Gasteiger partial charge in [-0.2, -0.15) is 0 Å². The van der Waals surface area contributed by atoms with Gasteiger partial charge in [-0.1, -0.05) is 29.5 Å². The van der Waals surface area contributed by atoms with Crippen molar-refractivity contribution in [2.75, 3.05) is 34.4 Å². The lowest BCUT2D eigenvalue weighted by Gasteiger charge is -2.29. The Kier molecular flexibility index (Phi) is 7.83. The van der Waals surface area contributed by atoms with Gasteiger partial charge in [-0.05, 0) is 45.0 Å². The summed E-state index contributed by atoms with van der Waals surface area (Å²) < 4.78 is 18.6. The first-order chi connectivity index (χ1) is 17.9. The number of carbonyl (C=O) groups excluding carboxylic acids is 1. The maximum atomic E-state index is 13.9. The quantitative estimate of drug-likeness (QED) is 0.455. The van der Waals surface area contributed by atoms with Gasteiger partial charge in [0.05, 0.1) is 37.1 Å². The molecule has 0 unspecified atom stereocenters. The number of rotatable bonds is 8. The summed E-state index contributed by atoms with van der Waals surface area (Å²) in [6, 6.07) is 12.2. The molecule has 0 bridgehead atoms. The Morgan fingerprint density at radius 2 is 1.76 bits per heavy atom. The lowest BCUT2D eigenvalue weighted by molar-refractivity contribution is -0.127. The first kappa shape index (κ1) is 26.2. The number of hydrogen-bond acceptors (Lipinski definition) is 7. The first-order valence-corrected chi connectivity index (χ1v) is 12.9. The molecule has 0 fully saturated rings. The van der Waals surface area contributed by atoms with E-state index in [1.807, 2.05) is 57.2 Å². The molecule has 3 aromatic rings. The van der Waals surface area contributed by atoms with Crippen LogP contribution in [0.15, 0.2) is 63.5 Å². The van der Waals surface area contributed by atoms with E-state index in [1.165, 1.54) is 11.3 Å². The summed E-state index contributed by atoms with van der Waals surface area (Å²) in [7, 11) is 4.74. The van der Waals surface area contributed by atoms with E-state index in [0.29, 0.717) is 50.9 Å². The number of fused-ring (bicyclic) bond motifs is 1. The standard InChI is InChI=1S/C28H31N3O5S/c1-7-30(8-2)27(33)24-17(3)29-28-31(25(24)20-11-9-10-12-21(20)35-5)26(32)23(37-28)15-18-13-14-19(34-4)16-22(18)36-6/h9-16,25H,7-8H2,1-6H3/b23-15+/t25-/m1/s1. The summed E-state index contributed by atoms with van der Waals surface area (Å²) in [6.45, 7) is 6.79. The molecule has 1 aliphatic heterocycles. The number of nitrogens with zero attached hydrogens (tertiary/aromatic N) is 3. The van der Waals surface area contributed by atoms with Crippen molar-refractivity contribution in [2.24, 2.45) is 4.99 Å². The van der Waals surface area contributed by atoms with Crippen molar-refractivity contribution in [2.45, 2.75) is 26.8 Å². The van der Waals surface area contributed by atoms with Crippen molar-refractivity contribution in [3.8, 4) is 17.2 Å². The molecule has 0 N–H and O–H groups in total. The van der Waals surface area contributed by atoms with Crippen LogP contribution in [0.4, 0.5) is 0 Å². The number of likely N-dealkylation sites (N-methyl/N-ethyl adjacent to an activating group) is 1. The highest BCUT2D eigenvalue weighted by Gasteiger charge is 2.35. The third-order valence-electron chi connectivity index (χ3n) is 6.46. The van der Waals surface area contributed by atoms with Gasteiger partial charge in [0.1, 0.15) is 23.3 Å². The first-order valence-electron chi connectivity index (χ1n) is 12.0. The zero-order valence-corrected chi connectivity index (χ0v) is 22.7. The van der Waals surface area contributed by atoms with E-state index >= 15 is 0 Å². The molecule has 0 saturated carbocycles. The Morgan fingerprint density at radius 1 is 1.05 bits per heavy atom. The Labute approximate surface area is 219 Å². The molecule has 0 spiro atoms. The predicted molar refractivity (Wildman–Crippen MR) is 144 cm³/mol. The number of aromatic nitrogens is 1. The lowest BCUT2D eigenvalue weighted by atomic mass is 9.94. The monoisotopic (exact) mass is 521 g/mol. The Balaban J connectivity index is 1.99. The summed E-state index contributed by atoms with van der Waals surface area (Å²) in [5.41, 5.74) is 2.27. The van der Waals surface area contributed by atoms with Crippen molar-refractivity contribution >= 4 is 23.3 Å². The van der Waals surface area contributed by atoms with Crippen LogP contribution in [0, 0.1) is 0 Å². The SMILES string of the molecule is CCN(CC)C(=O)C1=C(C)N=c2s/c(=C/c3ccc(OC)cc3OC)c(=O)n2[C@@H]1c1ccccc1OC. The second-order valence-corrected chi connectivity index (χ2v) is 9.42. The molecule has 4 rings (SSSR count). The molecule has 1 atom stereocenters. The van der Waals surface area contributed by atoms with Crippen LogP contribution >= 0.6 is 11.3 Å². The average Bonchev–Trinajstić information content (AvgIpc) is 3.22. The number of thiazole rings is 1. The van der Waals surface area contributed by atoms with Crippen molar-refractivity contribution < 1.29 is 19.0 Å². The van der Waals surface area contributed by atoms with Crippen molar-refractivity contribution in [3.05, 3.63) is 84.5 Å². The van der Waals surface area contributed by atoms with E-state index in [-0.39, 0.29) is 11.5 Å². The van der Waals surface area contributed by atoms with Crippen molar-refractivity contribution in [1.82, 2.24) is 9.47 Å². The zero-order chi connectivity index (χ0) is 26.7. The number of carbonyl (C=O) groups is 1. The molecule has 1 aliphatic rings. The van der Waals surface area contributed by atoms with Gasteiger partial charge in [0.25, 0.3) is 11.5 Å². The van der Waals surface area contributed by atoms with Crippen LogP contribution in [0.25, 0.3) is 6.08 Å². The molecular formula is C28H31N3O5S. The minimum Gasteiger partial charge on any atom is -0.497 e. The maximum absolute atomic E-state index is 13.9. The molecule has 0 saturated heterocycles. The van der Waals surface area contributed by atoms with Crippen LogP contribution in [0.3, 0.4) is 0 Å². The largest absolute Gasteiger partial charge is 0.497 e. The van der Waals surface area contributed by atoms with E-state index in [0.717, 1.165) is 11.1 Å². The normalized spacial score (nSPS) is 15.2. The summed E-state index contributed by atoms with van der Waals surface area (Å²) >= 11 is 1.28. The Morgan fingerprint density at radius 3 is 2.41 bits per heavy atom. The van der Waals surface area contributed by atoms with E-state index in [9.17, 15) is 9.59 Å². The molecule has 1 amide bonds. The number of ether oxygens (including phenoxy) is 3.